The Morgan fingerprint density at radius 1 is 1.24 bits per heavy atom. The molecular weight excluding hydrogens is 308 g/mol. The first-order valence-corrected chi connectivity index (χ1v) is 6.71. The second-order valence-corrected chi connectivity index (χ2v) is 5.17. The van der Waals surface area contributed by atoms with Gasteiger partial charge >= 0.3 is 0 Å². The Hall–Kier alpha value is -0.780. The fourth-order valence-corrected chi connectivity index (χ4v) is 3.24. The lowest BCUT2D eigenvalue weighted by Crippen LogP contribution is -2.17. The summed E-state index contributed by atoms with van der Waals surface area (Å²) in [6, 6.07) is 3.81. The summed E-state index contributed by atoms with van der Waals surface area (Å²) in [7, 11) is 1.79. The van der Waals surface area contributed by atoms with Crippen LogP contribution in [0.1, 0.15) is 17.2 Å². The van der Waals surface area contributed by atoms with Crippen LogP contribution in [-0.2, 0) is 0 Å². The van der Waals surface area contributed by atoms with Crippen molar-refractivity contribution < 1.29 is 8.78 Å². The third kappa shape index (κ3) is 2.56. The maximum Gasteiger partial charge on any atom is 0.159 e. The molecule has 1 nitrogen and oxygen atoms in total. The Bertz CT molecular complexity index is 527. The fraction of sp³-hybridized carbons (Fsp3) is 0.167. The van der Waals surface area contributed by atoms with Gasteiger partial charge in [0.1, 0.15) is 0 Å². The standard InChI is InChI=1S/C12H10BrF2NS/c1-16-12(8-5-17-6-9(8)13)7-2-3-10(14)11(15)4-7/h2-6,12,16H,1H3. The second-order valence-electron chi connectivity index (χ2n) is 3.57. The van der Waals surface area contributed by atoms with Gasteiger partial charge in [0.15, 0.2) is 11.6 Å². The summed E-state index contributed by atoms with van der Waals surface area (Å²) in [5.74, 6) is -1.65. The molecule has 5 heteroatoms. The van der Waals surface area contributed by atoms with Crippen LogP contribution in [0.15, 0.2) is 33.4 Å². The van der Waals surface area contributed by atoms with Crippen molar-refractivity contribution in [3.05, 3.63) is 56.2 Å². The van der Waals surface area contributed by atoms with Gasteiger partial charge in [-0.1, -0.05) is 6.07 Å². The van der Waals surface area contributed by atoms with Gasteiger partial charge in [-0.15, -0.1) is 0 Å². The number of rotatable bonds is 3. The van der Waals surface area contributed by atoms with Gasteiger partial charge < -0.3 is 5.32 Å². The quantitative estimate of drug-likeness (QED) is 0.898. The van der Waals surface area contributed by atoms with E-state index in [9.17, 15) is 8.78 Å². The molecule has 1 heterocycles. The van der Waals surface area contributed by atoms with Gasteiger partial charge in [-0.3, -0.25) is 0 Å². The smallest absolute Gasteiger partial charge is 0.159 e. The van der Waals surface area contributed by atoms with Crippen LogP contribution in [0.5, 0.6) is 0 Å². The third-order valence-electron chi connectivity index (χ3n) is 2.52. The highest BCUT2D eigenvalue weighted by atomic mass is 79.9. The monoisotopic (exact) mass is 317 g/mol. The largest absolute Gasteiger partial charge is 0.309 e. The zero-order chi connectivity index (χ0) is 12.4. The van der Waals surface area contributed by atoms with Crippen molar-refractivity contribution in [3.63, 3.8) is 0 Å². The van der Waals surface area contributed by atoms with Gasteiger partial charge in [0.05, 0.1) is 6.04 Å². The number of halogens is 3. The van der Waals surface area contributed by atoms with E-state index in [1.165, 1.54) is 6.07 Å². The molecule has 0 fully saturated rings. The molecule has 0 amide bonds. The van der Waals surface area contributed by atoms with Gasteiger partial charge in [-0.05, 0) is 51.6 Å². The molecule has 1 aromatic carbocycles. The Balaban J connectivity index is 2.42. The molecule has 0 aliphatic carbocycles. The van der Waals surface area contributed by atoms with E-state index in [0.717, 1.165) is 16.1 Å². The van der Waals surface area contributed by atoms with E-state index in [-0.39, 0.29) is 6.04 Å². The van der Waals surface area contributed by atoms with Crippen LogP contribution in [-0.4, -0.2) is 7.05 Å². The molecule has 0 aliphatic heterocycles. The van der Waals surface area contributed by atoms with Crippen molar-refractivity contribution in [1.82, 2.24) is 5.32 Å². The molecule has 90 valence electrons. The molecule has 1 atom stereocenters. The van der Waals surface area contributed by atoms with Crippen molar-refractivity contribution in [3.8, 4) is 0 Å². The summed E-state index contributed by atoms with van der Waals surface area (Å²) >= 11 is 5.00. The van der Waals surface area contributed by atoms with E-state index < -0.39 is 11.6 Å². The molecule has 1 aromatic heterocycles. The lowest BCUT2D eigenvalue weighted by atomic mass is 10.0. The first-order chi connectivity index (χ1) is 8.13. The van der Waals surface area contributed by atoms with E-state index >= 15 is 0 Å². The highest BCUT2D eigenvalue weighted by molar-refractivity contribution is 9.10. The first kappa shape index (κ1) is 12.7. The predicted molar refractivity (Wildman–Crippen MR) is 69.3 cm³/mol. The molecule has 0 aliphatic rings. The number of nitrogens with one attached hydrogen (secondary N) is 1. The average molecular weight is 318 g/mol. The Morgan fingerprint density at radius 2 is 2.00 bits per heavy atom. The molecule has 1 N–H and O–H groups in total. The lowest BCUT2D eigenvalue weighted by molar-refractivity contribution is 0.505. The van der Waals surface area contributed by atoms with E-state index in [4.69, 9.17) is 0 Å². The average Bonchev–Trinajstić information content (AvgIpc) is 2.71. The van der Waals surface area contributed by atoms with E-state index in [0.29, 0.717) is 5.56 Å². The van der Waals surface area contributed by atoms with Gasteiger partial charge in [-0.25, -0.2) is 8.78 Å². The normalized spacial score (nSPS) is 12.7. The number of benzene rings is 1. The minimum absolute atomic E-state index is 0.147. The van der Waals surface area contributed by atoms with Crippen molar-refractivity contribution >= 4 is 27.3 Å². The van der Waals surface area contributed by atoms with Crippen LogP contribution in [0.4, 0.5) is 8.78 Å². The number of hydrogen-bond acceptors (Lipinski definition) is 2. The van der Waals surface area contributed by atoms with Gasteiger partial charge in [-0.2, -0.15) is 11.3 Å². The molecule has 0 saturated carbocycles. The highest BCUT2D eigenvalue weighted by Crippen LogP contribution is 2.31. The van der Waals surface area contributed by atoms with E-state index in [1.807, 2.05) is 10.8 Å². The summed E-state index contributed by atoms with van der Waals surface area (Å²) in [4.78, 5) is 0. The first-order valence-electron chi connectivity index (χ1n) is 4.97. The molecule has 0 saturated heterocycles. The second kappa shape index (κ2) is 5.25. The molecule has 2 rings (SSSR count). The lowest BCUT2D eigenvalue weighted by Gasteiger charge is -2.16. The van der Waals surface area contributed by atoms with Crippen LogP contribution in [0.3, 0.4) is 0 Å². The molecular formula is C12H10BrF2NS. The topological polar surface area (TPSA) is 12.0 Å². The molecule has 0 bridgehead atoms. The maximum absolute atomic E-state index is 13.2. The zero-order valence-electron chi connectivity index (χ0n) is 9.01. The zero-order valence-corrected chi connectivity index (χ0v) is 11.4. The highest BCUT2D eigenvalue weighted by Gasteiger charge is 2.17. The number of hydrogen-bond donors (Lipinski definition) is 1. The molecule has 0 spiro atoms. The van der Waals surface area contributed by atoms with Gasteiger partial charge in [0.2, 0.25) is 0 Å². The van der Waals surface area contributed by atoms with E-state index in [1.54, 1.807) is 24.5 Å². The van der Waals surface area contributed by atoms with Gasteiger partial charge in [0.25, 0.3) is 0 Å². The van der Waals surface area contributed by atoms with Crippen molar-refractivity contribution in [2.45, 2.75) is 6.04 Å². The minimum atomic E-state index is -0.826. The molecule has 0 radical (unpaired) electrons. The summed E-state index contributed by atoms with van der Waals surface area (Å²) < 4.78 is 27.1. The molecule has 2 aromatic rings. The Morgan fingerprint density at radius 3 is 2.53 bits per heavy atom. The summed E-state index contributed by atoms with van der Waals surface area (Å²) in [5, 5.41) is 7.03. The van der Waals surface area contributed by atoms with Crippen LogP contribution >= 0.6 is 27.3 Å². The Labute approximate surface area is 111 Å². The minimum Gasteiger partial charge on any atom is -0.309 e. The molecule has 17 heavy (non-hydrogen) atoms. The summed E-state index contributed by atoms with van der Waals surface area (Å²) in [5.41, 5.74) is 1.72. The van der Waals surface area contributed by atoms with Crippen molar-refractivity contribution in [2.75, 3.05) is 7.05 Å². The van der Waals surface area contributed by atoms with Crippen molar-refractivity contribution in [2.24, 2.45) is 0 Å². The van der Waals surface area contributed by atoms with Gasteiger partial charge in [0, 0.05) is 9.85 Å². The van der Waals surface area contributed by atoms with Crippen LogP contribution < -0.4 is 5.32 Å². The third-order valence-corrected chi connectivity index (χ3v) is 4.27. The summed E-state index contributed by atoms with van der Waals surface area (Å²) in [6.45, 7) is 0. The molecule has 1 unspecified atom stereocenters. The van der Waals surface area contributed by atoms with Crippen LogP contribution in [0.2, 0.25) is 0 Å². The van der Waals surface area contributed by atoms with Crippen molar-refractivity contribution in [1.29, 1.82) is 0 Å². The van der Waals surface area contributed by atoms with Crippen LogP contribution in [0.25, 0.3) is 0 Å². The number of thiophene rings is 1. The fourth-order valence-electron chi connectivity index (χ4n) is 1.69. The SMILES string of the molecule is CNC(c1ccc(F)c(F)c1)c1cscc1Br. The summed E-state index contributed by atoms with van der Waals surface area (Å²) in [6.07, 6.45) is 0. The maximum atomic E-state index is 13.2. The predicted octanol–water partition coefficient (Wildman–Crippen LogP) is 4.10. The Kier molecular flexibility index (Phi) is 3.91. The van der Waals surface area contributed by atoms with E-state index in [2.05, 4.69) is 21.2 Å². The van der Waals surface area contributed by atoms with Crippen LogP contribution in [0, 0.1) is 11.6 Å².